The van der Waals surface area contributed by atoms with Crippen LogP contribution >= 0.6 is 0 Å². The number of rotatable bonds is 7. The van der Waals surface area contributed by atoms with E-state index in [9.17, 15) is 0 Å². The molecule has 1 aromatic carbocycles. The summed E-state index contributed by atoms with van der Waals surface area (Å²) in [6.45, 7) is 3.53. The van der Waals surface area contributed by atoms with Crippen molar-refractivity contribution < 1.29 is 9.47 Å². The van der Waals surface area contributed by atoms with Crippen molar-refractivity contribution in [3.8, 4) is 5.75 Å². The molecule has 1 atom stereocenters. The summed E-state index contributed by atoms with van der Waals surface area (Å²) < 4.78 is 12.1. The number of ether oxygens (including phenoxy) is 2. The number of hydrogen-bond donors (Lipinski definition) is 1. The average molecular weight is 275 g/mol. The molecule has 0 amide bonds. The van der Waals surface area contributed by atoms with E-state index in [2.05, 4.69) is 23.4 Å². The van der Waals surface area contributed by atoms with E-state index in [0.29, 0.717) is 6.61 Å². The minimum atomic E-state index is 0.185. The monoisotopic (exact) mass is 275 g/mol. The normalized spacial score (nSPS) is 12.2. The predicted octanol–water partition coefficient (Wildman–Crippen LogP) is 2.71. The second-order valence-corrected chi connectivity index (χ2v) is 4.63. The van der Waals surface area contributed by atoms with E-state index >= 15 is 0 Å². The van der Waals surface area contributed by atoms with Crippen molar-refractivity contribution in [3.63, 3.8) is 0 Å². The van der Waals surface area contributed by atoms with E-state index in [-0.39, 0.29) is 6.04 Å². The fraction of sp³-hybridized carbons (Fsp3) is 0.400. The number of aromatic nitrogens is 2. The molecule has 5 heteroatoms. The number of anilines is 1. The number of methoxy groups -OCH3 is 2. The standard InChI is InChI=1S/C15H21N3O2/c1-12(13-5-4-6-15(9-13)20-3)17-14-10-16-18(11-14)7-8-19-2/h4-6,9-12,17H,7-8H2,1-3H3. The van der Waals surface area contributed by atoms with Gasteiger partial charge >= 0.3 is 0 Å². The van der Waals surface area contributed by atoms with Crippen molar-refractivity contribution in [2.24, 2.45) is 0 Å². The highest BCUT2D eigenvalue weighted by atomic mass is 16.5. The van der Waals surface area contributed by atoms with E-state index in [1.165, 1.54) is 5.56 Å². The summed E-state index contributed by atoms with van der Waals surface area (Å²) in [7, 11) is 3.37. The molecule has 0 radical (unpaired) electrons. The molecule has 2 rings (SSSR count). The number of benzene rings is 1. The summed E-state index contributed by atoms with van der Waals surface area (Å²) in [4.78, 5) is 0. The third-order valence-corrected chi connectivity index (χ3v) is 3.13. The minimum Gasteiger partial charge on any atom is -0.497 e. The van der Waals surface area contributed by atoms with Crippen molar-refractivity contribution in [1.82, 2.24) is 9.78 Å². The molecular weight excluding hydrogens is 254 g/mol. The number of hydrogen-bond acceptors (Lipinski definition) is 4. The molecule has 0 saturated carbocycles. The first-order valence-electron chi connectivity index (χ1n) is 6.65. The van der Waals surface area contributed by atoms with Crippen LogP contribution in [-0.4, -0.2) is 30.6 Å². The van der Waals surface area contributed by atoms with Crippen LogP contribution in [0, 0.1) is 0 Å². The fourth-order valence-corrected chi connectivity index (χ4v) is 1.99. The zero-order chi connectivity index (χ0) is 14.4. The van der Waals surface area contributed by atoms with Crippen molar-refractivity contribution in [1.29, 1.82) is 0 Å². The van der Waals surface area contributed by atoms with Gasteiger partial charge in [-0.2, -0.15) is 5.10 Å². The van der Waals surface area contributed by atoms with Crippen LogP contribution < -0.4 is 10.1 Å². The maximum Gasteiger partial charge on any atom is 0.119 e. The third kappa shape index (κ3) is 3.74. The van der Waals surface area contributed by atoms with Gasteiger partial charge in [0.05, 0.1) is 32.1 Å². The molecule has 2 aromatic rings. The van der Waals surface area contributed by atoms with E-state index < -0.39 is 0 Å². The lowest BCUT2D eigenvalue weighted by Crippen LogP contribution is -2.06. The lowest BCUT2D eigenvalue weighted by molar-refractivity contribution is 0.183. The fourth-order valence-electron chi connectivity index (χ4n) is 1.99. The zero-order valence-electron chi connectivity index (χ0n) is 12.2. The Morgan fingerprint density at radius 2 is 2.20 bits per heavy atom. The van der Waals surface area contributed by atoms with Gasteiger partial charge in [0.2, 0.25) is 0 Å². The van der Waals surface area contributed by atoms with Crippen LogP contribution in [-0.2, 0) is 11.3 Å². The van der Waals surface area contributed by atoms with Gasteiger partial charge in [-0.25, -0.2) is 0 Å². The van der Waals surface area contributed by atoms with Crippen LogP contribution in [0.1, 0.15) is 18.5 Å². The lowest BCUT2D eigenvalue weighted by atomic mass is 10.1. The molecule has 1 unspecified atom stereocenters. The van der Waals surface area contributed by atoms with Crippen LogP contribution in [0.5, 0.6) is 5.75 Å². The maximum absolute atomic E-state index is 5.25. The summed E-state index contributed by atoms with van der Waals surface area (Å²) in [5, 5.41) is 7.71. The molecule has 5 nitrogen and oxygen atoms in total. The largest absolute Gasteiger partial charge is 0.497 e. The van der Waals surface area contributed by atoms with Crippen molar-refractivity contribution >= 4 is 5.69 Å². The average Bonchev–Trinajstić information content (AvgIpc) is 2.92. The summed E-state index contributed by atoms with van der Waals surface area (Å²) in [6, 6.07) is 8.24. The van der Waals surface area contributed by atoms with Gasteiger partial charge in [0.25, 0.3) is 0 Å². The lowest BCUT2D eigenvalue weighted by Gasteiger charge is -2.14. The molecule has 1 N–H and O–H groups in total. The Labute approximate surface area is 119 Å². The van der Waals surface area contributed by atoms with E-state index in [1.807, 2.05) is 35.3 Å². The molecule has 0 saturated heterocycles. The quantitative estimate of drug-likeness (QED) is 0.844. The molecule has 0 aliphatic heterocycles. The molecular formula is C15H21N3O2. The molecule has 0 fully saturated rings. The molecule has 108 valence electrons. The van der Waals surface area contributed by atoms with Crippen molar-refractivity contribution in [3.05, 3.63) is 42.2 Å². The minimum absolute atomic E-state index is 0.185. The van der Waals surface area contributed by atoms with E-state index in [4.69, 9.17) is 9.47 Å². The molecule has 0 spiro atoms. The van der Waals surface area contributed by atoms with E-state index in [1.54, 1.807) is 14.2 Å². The molecule has 0 aliphatic rings. The van der Waals surface area contributed by atoms with Crippen LogP contribution in [0.15, 0.2) is 36.7 Å². The van der Waals surface area contributed by atoms with Crippen LogP contribution in [0.2, 0.25) is 0 Å². The van der Waals surface area contributed by atoms with Gasteiger partial charge in [-0.3, -0.25) is 4.68 Å². The molecule has 0 aliphatic carbocycles. The highest BCUT2D eigenvalue weighted by molar-refractivity contribution is 5.42. The Kier molecular flexibility index (Phi) is 5.01. The third-order valence-electron chi connectivity index (χ3n) is 3.13. The van der Waals surface area contributed by atoms with Gasteiger partial charge < -0.3 is 14.8 Å². The van der Waals surface area contributed by atoms with E-state index in [0.717, 1.165) is 18.0 Å². The molecule has 20 heavy (non-hydrogen) atoms. The predicted molar refractivity (Wildman–Crippen MR) is 79.1 cm³/mol. The number of nitrogens with one attached hydrogen (secondary N) is 1. The first-order valence-corrected chi connectivity index (χ1v) is 6.65. The smallest absolute Gasteiger partial charge is 0.119 e. The molecule has 1 aromatic heterocycles. The van der Waals surface area contributed by atoms with Gasteiger partial charge in [0.15, 0.2) is 0 Å². The van der Waals surface area contributed by atoms with Gasteiger partial charge in [0.1, 0.15) is 5.75 Å². The first-order chi connectivity index (χ1) is 9.72. The highest BCUT2D eigenvalue weighted by Gasteiger charge is 2.07. The Morgan fingerprint density at radius 3 is 2.95 bits per heavy atom. The summed E-state index contributed by atoms with van der Waals surface area (Å²) >= 11 is 0. The van der Waals surface area contributed by atoms with Crippen molar-refractivity contribution in [2.45, 2.75) is 19.5 Å². The van der Waals surface area contributed by atoms with Gasteiger partial charge in [-0.15, -0.1) is 0 Å². The second-order valence-electron chi connectivity index (χ2n) is 4.63. The van der Waals surface area contributed by atoms with Gasteiger partial charge in [-0.1, -0.05) is 12.1 Å². The van der Waals surface area contributed by atoms with Crippen molar-refractivity contribution in [2.75, 3.05) is 26.1 Å². The zero-order valence-corrected chi connectivity index (χ0v) is 12.2. The Bertz CT molecular complexity index is 539. The van der Waals surface area contributed by atoms with Crippen LogP contribution in [0.3, 0.4) is 0 Å². The highest BCUT2D eigenvalue weighted by Crippen LogP contribution is 2.22. The SMILES string of the molecule is COCCn1cc(NC(C)c2cccc(OC)c2)cn1. The topological polar surface area (TPSA) is 48.3 Å². The number of nitrogens with zero attached hydrogens (tertiary/aromatic N) is 2. The summed E-state index contributed by atoms with van der Waals surface area (Å²) in [5.74, 6) is 0.868. The Morgan fingerprint density at radius 1 is 1.35 bits per heavy atom. The van der Waals surface area contributed by atoms with Gasteiger partial charge in [-0.05, 0) is 24.6 Å². The second kappa shape index (κ2) is 6.96. The molecule has 1 heterocycles. The van der Waals surface area contributed by atoms with Crippen LogP contribution in [0.25, 0.3) is 0 Å². The Balaban J connectivity index is 1.99. The summed E-state index contributed by atoms with van der Waals surface area (Å²) in [5.41, 5.74) is 2.17. The van der Waals surface area contributed by atoms with Gasteiger partial charge in [0, 0.05) is 19.3 Å². The maximum atomic E-state index is 5.25. The summed E-state index contributed by atoms with van der Waals surface area (Å²) in [6.07, 6.45) is 3.81. The Hall–Kier alpha value is -2.01. The molecule has 0 bridgehead atoms. The first kappa shape index (κ1) is 14.4. The van der Waals surface area contributed by atoms with Crippen LogP contribution in [0.4, 0.5) is 5.69 Å².